The van der Waals surface area contributed by atoms with E-state index in [9.17, 15) is 13.2 Å². The molecular weight excluding hydrogens is 310 g/mol. The molecule has 0 amide bonds. The monoisotopic (exact) mass is 323 g/mol. The number of aromatic nitrogens is 2. The fraction of sp³-hybridized carbons (Fsp3) is 0.231. The molecule has 1 aromatic heterocycles. The molecule has 2 heterocycles. The van der Waals surface area contributed by atoms with Crippen LogP contribution in [0.25, 0.3) is 0 Å². The van der Waals surface area contributed by atoms with Crippen molar-refractivity contribution in [3.63, 3.8) is 0 Å². The summed E-state index contributed by atoms with van der Waals surface area (Å²) in [6, 6.07) is 9.03. The standard InChI is InChI=1S/C13H13N3O3S2/c14-11-6-12(17)16-9(7-20-13(16)15-11)8-21(18,19)10-4-2-1-3-5-10/h1-6,9H,7-8,14H2/t9-/m0/s1. The largest absolute Gasteiger partial charge is 0.383 e. The molecule has 3 rings (SSSR count). The first-order chi connectivity index (χ1) is 9.97. The molecule has 0 radical (unpaired) electrons. The lowest BCUT2D eigenvalue weighted by atomic mass is 10.4. The quantitative estimate of drug-likeness (QED) is 0.845. The summed E-state index contributed by atoms with van der Waals surface area (Å²) in [5.41, 5.74) is 5.23. The van der Waals surface area contributed by atoms with Gasteiger partial charge in [0, 0.05) is 11.8 Å². The SMILES string of the molecule is Nc1cc(=O)n2c(n1)SC[C@H]2CS(=O)(=O)c1ccccc1. The lowest BCUT2D eigenvalue weighted by Gasteiger charge is -2.13. The fourth-order valence-corrected chi connectivity index (χ4v) is 5.11. The third kappa shape index (κ3) is 2.68. The summed E-state index contributed by atoms with van der Waals surface area (Å²) < 4.78 is 26.2. The van der Waals surface area contributed by atoms with E-state index in [-0.39, 0.29) is 22.0 Å². The first-order valence-electron chi connectivity index (χ1n) is 6.27. The number of rotatable bonds is 3. The molecule has 2 N–H and O–H groups in total. The van der Waals surface area contributed by atoms with Gasteiger partial charge in [-0.1, -0.05) is 30.0 Å². The van der Waals surface area contributed by atoms with Crippen molar-refractivity contribution in [3.05, 3.63) is 46.8 Å². The summed E-state index contributed by atoms with van der Waals surface area (Å²) in [4.78, 5) is 16.3. The van der Waals surface area contributed by atoms with Crippen LogP contribution in [0, 0.1) is 0 Å². The third-order valence-corrected chi connectivity index (χ3v) is 6.14. The van der Waals surface area contributed by atoms with Gasteiger partial charge in [-0.2, -0.15) is 0 Å². The molecule has 1 atom stereocenters. The number of nitrogens with zero attached hydrogens (tertiary/aromatic N) is 2. The maximum atomic E-state index is 12.4. The first-order valence-corrected chi connectivity index (χ1v) is 8.91. The normalized spacial score (nSPS) is 17.6. The molecule has 21 heavy (non-hydrogen) atoms. The maximum absolute atomic E-state index is 12.4. The van der Waals surface area contributed by atoms with Crippen LogP contribution in [-0.4, -0.2) is 29.5 Å². The fourth-order valence-electron chi connectivity index (χ4n) is 2.27. The van der Waals surface area contributed by atoms with Crippen LogP contribution >= 0.6 is 11.8 Å². The zero-order valence-electron chi connectivity index (χ0n) is 11.0. The van der Waals surface area contributed by atoms with Gasteiger partial charge in [-0.05, 0) is 12.1 Å². The van der Waals surface area contributed by atoms with E-state index in [2.05, 4.69) is 4.98 Å². The topological polar surface area (TPSA) is 95.1 Å². The van der Waals surface area contributed by atoms with Gasteiger partial charge in [-0.25, -0.2) is 13.4 Å². The van der Waals surface area contributed by atoms with E-state index in [0.717, 1.165) is 0 Å². The van der Waals surface area contributed by atoms with Gasteiger partial charge < -0.3 is 5.73 Å². The van der Waals surface area contributed by atoms with Crippen molar-refractivity contribution in [2.24, 2.45) is 0 Å². The molecule has 0 fully saturated rings. The minimum Gasteiger partial charge on any atom is -0.383 e. The number of fused-ring (bicyclic) bond motifs is 1. The molecule has 1 aromatic carbocycles. The summed E-state index contributed by atoms with van der Waals surface area (Å²) in [6.45, 7) is 0. The van der Waals surface area contributed by atoms with Gasteiger partial charge in [-0.15, -0.1) is 0 Å². The second-order valence-electron chi connectivity index (χ2n) is 4.73. The lowest BCUT2D eigenvalue weighted by Crippen LogP contribution is -2.29. The smallest absolute Gasteiger partial charge is 0.256 e. The van der Waals surface area contributed by atoms with Gasteiger partial charge >= 0.3 is 0 Å². The van der Waals surface area contributed by atoms with Crippen molar-refractivity contribution >= 4 is 27.4 Å². The number of thioether (sulfide) groups is 1. The first kappa shape index (κ1) is 14.2. The number of nitrogens with two attached hydrogens (primary N) is 1. The van der Waals surface area contributed by atoms with Crippen LogP contribution in [0.4, 0.5) is 5.82 Å². The molecule has 0 saturated carbocycles. The highest BCUT2D eigenvalue weighted by Crippen LogP contribution is 2.32. The summed E-state index contributed by atoms with van der Waals surface area (Å²) in [6.07, 6.45) is 0. The highest BCUT2D eigenvalue weighted by molar-refractivity contribution is 7.99. The van der Waals surface area contributed by atoms with Crippen molar-refractivity contribution in [2.45, 2.75) is 16.1 Å². The molecule has 1 aliphatic heterocycles. The minimum absolute atomic E-state index is 0.123. The predicted molar refractivity (Wildman–Crippen MR) is 81.2 cm³/mol. The van der Waals surface area contributed by atoms with Crippen LogP contribution in [0.5, 0.6) is 0 Å². The number of hydrogen-bond donors (Lipinski definition) is 1. The third-order valence-electron chi connectivity index (χ3n) is 3.22. The Kier molecular flexibility index (Phi) is 3.50. The summed E-state index contributed by atoms with van der Waals surface area (Å²) in [7, 11) is -3.45. The lowest BCUT2D eigenvalue weighted by molar-refractivity contribution is 0.528. The Morgan fingerprint density at radius 2 is 2.05 bits per heavy atom. The summed E-state index contributed by atoms with van der Waals surface area (Å²) in [5.74, 6) is 0.533. The maximum Gasteiger partial charge on any atom is 0.256 e. The van der Waals surface area contributed by atoms with E-state index < -0.39 is 15.9 Å². The van der Waals surface area contributed by atoms with E-state index in [4.69, 9.17) is 5.73 Å². The Morgan fingerprint density at radius 1 is 1.33 bits per heavy atom. The Labute approximate surface area is 125 Å². The number of nitrogen functional groups attached to an aromatic ring is 1. The summed E-state index contributed by atoms with van der Waals surface area (Å²) in [5, 5.41) is 0.480. The highest BCUT2D eigenvalue weighted by atomic mass is 32.2. The van der Waals surface area contributed by atoms with Gasteiger partial charge in [0.15, 0.2) is 15.0 Å². The Hall–Kier alpha value is -1.80. The predicted octanol–water partition coefficient (Wildman–Crippen LogP) is 0.946. The van der Waals surface area contributed by atoms with Crippen molar-refractivity contribution < 1.29 is 8.42 Å². The molecule has 6 nitrogen and oxygen atoms in total. The van der Waals surface area contributed by atoms with Gasteiger partial charge in [0.25, 0.3) is 5.56 Å². The van der Waals surface area contributed by atoms with Crippen molar-refractivity contribution in [1.29, 1.82) is 0 Å². The van der Waals surface area contributed by atoms with Gasteiger partial charge in [0.05, 0.1) is 16.7 Å². The number of sulfone groups is 1. The average Bonchev–Trinajstić information content (AvgIpc) is 2.82. The Morgan fingerprint density at radius 3 is 2.76 bits per heavy atom. The van der Waals surface area contributed by atoms with Crippen molar-refractivity contribution in [1.82, 2.24) is 9.55 Å². The zero-order chi connectivity index (χ0) is 15.0. The van der Waals surface area contributed by atoms with Crippen LogP contribution in [0.15, 0.2) is 51.2 Å². The van der Waals surface area contributed by atoms with Crippen LogP contribution in [0.2, 0.25) is 0 Å². The molecule has 8 heteroatoms. The molecule has 0 aliphatic carbocycles. The highest BCUT2D eigenvalue weighted by Gasteiger charge is 2.30. The molecule has 0 saturated heterocycles. The molecule has 0 unspecified atom stereocenters. The average molecular weight is 323 g/mol. The van der Waals surface area contributed by atoms with Crippen LogP contribution in [0.3, 0.4) is 0 Å². The number of benzene rings is 1. The molecule has 2 aromatic rings. The molecule has 110 valence electrons. The number of anilines is 1. The Bertz CT molecular complexity index is 831. The van der Waals surface area contributed by atoms with E-state index in [0.29, 0.717) is 10.9 Å². The molecule has 1 aliphatic rings. The van der Waals surface area contributed by atoms with E-state index in [1.165, 1.54) is 22.4 Å². The van der Waals surface area contributed by atoms with E-state index >= 15 is 0 Å². The second-order valence-corrected chi connectivity index (χ2v) is 7.75. The van der Waals surface area contributed by atoms with Crippen molar-refractivity contribution in [2.75, 3.05) is 17.2 Å². The van der Waals surface area contributed by atoms with E-state index in [1.54, 1.807) is 30.3 Å². The number of hydrogen-bond acceptors (Lipinski definition) is 6. The van der Waals surface area contributed by atoms with E-state index in [1.807, 2.05) is 0 Å². The second kappa shape index (κ2) is 5.19. The minimum atomic E-state index is -3.45. The van der Waals surface area contributed by atoms with Gasteiger partial charge in [0.1, 0.15) is 5.82 Å². The zero-order valence-corrected chi connectivity index (χ0v) is 12.6. The Balaban J connectivity index is 1.95. The van der Waals surface area contributed by atoms with Crippen LogP contribution in [-0.2, 0) is 9.84 Å². The van der Waals surface area contributed by atoms with Gasteiger partial charge in [0.2, 0.25) is 0 Å². The van der Waals surface area contributed by atoms with Crippen LogP contribution < -0.4 is 11.3 Å². The molecule has 0 bridgehead atoms. The molecular formula is C13H13N3O3S2. The summed E-state index contributed by atoms with van der Waals surface area (Å²) >= 11 is 1.35. The van der Waals surface area contributed by atoms with Crippen molar-refractivity contribution in [3.8, 4) is 0 Å². The molecule has 0 spiro atoms. The van der Waals surface area contributed by atoms with Crippen LogP contribution in [0.1, 0.15) is 6.04 Å². The van der Waals surface area contributed by atoms with Gasteiger partial charge in [-0.3, -0.25) is 9.36 Å².